The number of nitrogen functional groups attached to an aromatic ring is 1. The largest absolute Gasteiger partial charge is 0.490 e. The molecule has 0 spiro atoms. The van der Waals surface area contributed by atoms with Gasteiger partial charge in [0.2, 0.25) is 0 Å². The molecule has 1 fully saturated rings. The highest BCUT2D eigenvalue weighted by atomic mass is 19.1. The maximum atomic E-state index is 12.8. The first-order valence-electron chi connectivity index (χ1n) is 5.58. The van der Waals surface area contributed by atoms with Crippen LogP contribution in [0.2, 0.25) is 0 Å². The van der Waals surface area contributed by atoms with Crippen LogP contribution in [0.25, 0.3) is 0 Å². The molecule has 1 aromatic carbocycles. The van der Waals surface area contributed by atoms with Crippen molar-refractivity contribution in [3.8, 4) is 5.75 Å². The minimum absolute atomic E-state index is 0.0325. The summed E-state index contributed by atoms with van der Waals surface area (Å²) in [6.45, 7) is 1.24. The molecule has 3 N–H and O–H groups in total. The minimum atomic E-state index is -0.341. The first-order chi connectivity index (χ1) is 7.79. The molecule has 0 aliphatic carbocycles. The van der Waals surface area contributed by atoms with Crippen molar-refractivity contribution in [3.05, 3.63) is 24.3 Å². The Morgan fingerprint density at radius 2 is 2.12 bits per heavy atom. The van der Waals surface area contributed by atoms with Crippen molar-refractivity contribution in [2.24, 2.45) is 5.92 Å². The molecular formula is C12H17FN2O. The van der Waals surface area contributed by atoms with E-state index in [4.69, 9.17) is 10.5 Å². The molecule has 1 aliphatic heterocycles. The zero-order chi connectivity index (χ0) is 11.4. The Morgan fingerprint density at radius 3 is 2.81 bits per heavy atom. The fraction of sp³-hybridized carbons (Fsp3) is 0.500. The van der Waals surface area contributed by atoms with Gasteiger partial charge in [0.1, 0.15) is 11.9 Å². The molecule has 1 saturated heterocycles. The lowest BCUT2D eigenvalue weighted by Gasteiger charge is -2.30. The summed E-state index contributed by atoms with van der Waals surface area (Å²) in [6, 6.07) is 7.24. The summed E-state index contributed by atoms with van der Waals surface area (Å²) in [6.07, 6.45) is 0.814. The molecule has 88 valence electrons. The van der Waals surface area contributed by atoms with Gasteiger partial charge in [0, 0.05) is 18.2 Å². The van der Waals surface area contributed by atoms with Crippen LogP contribution < -0.4 is 15.8 Å². The van der Waals surface area contributed by atoms with E-state index in [1.54, 1.807) is 12.1 Å². The minimum Gasteiger partial charge on any atom is -0.490 e. The van der Waals surface area contributed by atoms with Crippen LogP contribution in [0.1, 0.15) is 6.42 Å². The highest BCUT2D eigenvalue weighted by Gasteiger charge is 2.26. The van der Waals surface area contributed by atoms with Crippen LogP contribution in [-0.2, 0) is 0 Å². The Morgan fingerprint density at radius 1 is 1.38 bits per heavy atom. The van der Waals surface area contributed by atoms with Crippen molar-refractivity contribution in [2.75, 3.05) is 25.5 Å². The third-order valence-corrected chi connectivity index (χ3v) is 2.90. The third-order valence-electron chi connectivity index (χ3n) is 2.90. The number of piperidine rings is 1. The highest BCUT2D eigenvalue weighted by molar-refractivity contribution is 5.41. The van der Waals surface area contributed by atoms with E-state index in [1.807, 2.05) is 12.1 Å². The van der Waals surface area contributed by atoms with Gasteiger partial charge in [-0.05, 0) is 37.2 Å². The molecule has 4 heteroatoms. The lowest BCUT2D eigenvalue weighted by Crippen LogP contribution is -2.43. The van der Waals surface area contributed by atoms with Gasteiger partial charge in [-0.25, -0.2) is 0 Å². The number of alkyl halides is 1. The summed E-state index contributed by atoms with van der Waals surface area (Å²) < 4.78 is 18.5. The molecule has 1 aromatic rings. The van der Waals surface area contributed by atoms with Crippen LogP contribution in [0, 0.1) is 5.92 Å². The maximum Gasteiger partial charge on any atom is 0.119 e. The predicted molar refractivity (Wildman–Crippen MR) is 62.2 cm³/mol. The number of rotatable bonds is 3. The second-order valence-electron chi connectivity index (χ2n) is 4.13. The number of anilines is 1. The summed E-state index contributed by atoms with van der Waals surface area (Å²) in [5, 5.41) is 3.17. The van der Waals surface area contributed by atoms with Crippen molar-refractivity contribution < 1.29 is 9.13 Å². The average Bonchev–Trinajstić information content (AvgIpc) is 2.33. The van der Waals surface area contributed by atoms with Gasteiger partial charge < -0.3 is 15.8 Å². The van der Waals surface area contributed by atoms with Crippen LogP contribution in [0.4, 0.5) is 10.1 Å². The van der Waals surface area contributed by atoms with Crippen LogP contribution >= 0.6 is 0 Å². The Labute approximate surface area is 94.8 Å². The van der Waals surface area contributed by atoms with E-state index in [0.717, 1.165) is 18.7 Å². The number of halogens is 1. The number of benzene rings is 1. The van der Waals surface area contributed by atoms with Crippen molar-refractivity contribution in [2.45, 2.75) is 12.5 Å². The lowest BCUT2D eigenvalue weighted by molar-refractivity contribution is 0.0863. The van der Waals surface area contributed by atoms with Crippen molar-refractivity contribution in [3.63, 3.8) is 0 Å². The highest BCUT2D eigenvalue weighted by Crippen LogP contribution is 2.21. The Kier molecular flexibility index (Phi) is 3.62. The van der Waals surface area contributed by atoms with Gasteiger partial charge in [-0.1, -0.05) is 0 Å². The summed E-state index contributed by atoms with van der Waals surface area (Å²) in [4.78, 5) is 0. The van der Waals surface area contributed by atoms with E-state index in [0.29, 0.717) is 12.2 Å². The second-order valence-corrected chi connectivity index (χ2v) is 4.13. The molecule has 16 heavy (non-hydrogen) atoms. The summed E-state index contributed by atoms with van der Waals surface area (Å²) in [5.41, 5.74) is 6.30. The number of ether oxygens (including phenoxy) is 1. The van der Waals surface area contributed by atoms with Gasteiger partial charge in [-0.15, -0.1) is 0 Å². The first-order valence-corrected chi connectivity index (χ1v) is 5.58. The number of nitrogens with two attached hydrogens (primary N) is 1. The molecule has 0 aromatic heterocycles. The Hall–Kier alpha value is -1.29. The van der Waals surface area contributed by atoms with E-state index in [2.05, 4.69) is 5.32 Å². The Bertz CT molecular complexity index is 328. The van der Waals surface area contributed by atoms with Gasteiger partial charge >= 0.3 is 0 Å². The van der Waals surface area contributed by atoms with Crippen molar-refractivity contribution in [1.82, 2.24) is 5.32 Å². The van der Waals surface area contributed by atoms with Crippen molar-refractivity contribution >= 4 is 5.69 Å². The molecule has 2 atom stereocenters. The molecule has 1 heterocycles. The normalized spacial score (nSPS) is 25.3. The topological polar surface area (TPSA) is 47.3 Å². The van der Waals surface area contributed by atoms with E-state index >= 15 is 0 Å². The SMILES string of the molecule is Nc1ccc(OC2CCNCC2CF)cc1. The molecule has 0 bridgehead atoms. The fourth-order valence-electron chi connectivity index (χ4n) is 1.93. The molecule has 0 radical (unpaired) electrons. The summed E-state index contributed by atoms with van der Waals surface area (Å²) in [7, 11) is 0. The molecule has 2 unspecified atom stereocenters. The number of hydrogen-bond donors (Lipinski definition) is 2. The average molecular weight is 224 g/mol. The van der Waals surface area contributed by atoms with E-state index in [-0.39, 0.29) is 18.7 Å². The van der Waals surface area contributed by atoms with Crippen LogP contribution in [0.5, 0.6) is 5.75 Å². The van der Waals surface area contributed by atoms with Gasteiger partial charge in [0.15, 0.2) is 0 Å². The smallest absolute Gasteiger partial charge is 0.119 e. The maximum absolute atomic E-state index is 12.8. The van der Waals surface area contributed by atoms with E-state index in [1.165, 1.54) is 0 Å². The molecule has 0 saturated carbocycles. The third kappa shape index (κ3) is 2.64. The van der Waals surface area contributed by atoms with E-state index < -0.39 is 0 Å². The standard InChI is InChI=1S/C12H17FN2O/c13-7-9-8-15-6-5-12(9)16-11-3-1-10(14)2-4-11/h1-4,9,12,15H,5-8,14H2. The van der Waals surface area contributed by atoms with Crippen LogP contribution in [0.3, 0.4) is 0 Å². The second kappa shape index (κ2) is 5.16. The van der Waals surface area contributed by atoms with E-state index in [9.17, 15) is 4.39 Å². The van der Waals surface area contributed by atoms with Gasteiger partial charge in [-0.3, -0.25) is 4.39 Å². The molecule has 2 rings (SSSR count). The summed E-state index contributed by atoms with van der Waals surface area (Å²) >= 11 is 0. The zero-order valence-electron chi connectivity index (χ0n) is 9.16. The zero-order valence-corrected chi connectivity index (χ0v) is 9.16. The van der Waals surface area contributed by atoms with Crippen molar-refractivity contribution in [1.29, 1.82) is 0 Å². The quantitative estimate of drug-likeness (QED) is 0.767. The van der Waals surface area contributed by atoms with Gasteiger partial charge in [0.05, 0.1) is 6.67 Å². The first kappa shape index (κ1) is 11.2. The Balaban J connectivity index is 1.99. The fourth-order valence-corrected chi connectivity index (χ4v) is 1.93. The molecular weight excluding hydrogens is 207 g/mol. The molecule has 0 amide bonds. The van der Waals surface area contributed by atoms with Gasteiger partial charge in [0.25, 0.3) is 0 Å². The van der Waals surface area contributed by atoms with Gasteiger partial charge in [-0.2, -0.15) is 0 Å². The molecule has 3 nitrogen and oxygen atoms in total. The van der Waals surface area contributed by atoms with Crippen LogP contribution in [-0.4, -0.2) is 25.9 Å². The molecule has 1 aliphatic rings. The predicted octanol–water partition coefficient (Wildman–Crippen LogP) is 1.60. The lowest BCUT2D eigenvalue weighted by atomic mass is 9.97. The monoisotopic (exact) mass is 224 g/mol. The van der Waals surface area contributed by atoms with Crippen LogP contribution in [0.15, 0.2) is 24.3 Å². The summed E-state index contributed by atoms with van der Waals surface area (Å²) in [5.74, 6) is 0.714. The number of nitrogens with one attached hydrogen (secondary N) is 1. The number of hydrogen-bond acceptors (Lipinski definition) is 3.